The van der Waals surface area contributed by atoms with E-state index in [1.807, 2.05) is 25.3 Å². The Morgan fingerprint density at radius 1 is 1.10 bits per heavy atom. The third-order valence-corrected chi connectivity index (χ3v) is 5.91. The standard InChI is InChI=1S/C22H31N5O2/c1-17-16-24-22(25-21(17)23-9-6-18-2-4-20(28)5-3-18)27-10-7-19(8-11-27)26-12-14-29-15-13-26/h2-5,16,19,28H,6-15H2,1H3,(H,23,24,25). The van der Waals surface area contributed by atoms with Gasteiger partial charge in [-0.3, -0.25) is 4.90 Å². The van der Waals surface area contributed by atoms with Crippen molar-refractivity contribution in [3.63, 3.8) is 0 Å². The summed E-state index contributed by atoms with van der Waals surface area (Å²) in [6.07, 6.45) is 5.10. The molecule has 2 N–H and O–H groups in total. The first kappa shape index (κ1) is 19.9. The van der Waals surface area contributed by atoms with Gasteiger partial charge in [-0.1, -0.05) is 12.1 Å². The minimum atomic E-state index is 0.301. The molecule has 156 valence electrons. The lowest BCUT2D eigenvalue weighted by atomic mass is 10.0. The molecule has 0 bridgehead atoms. The second-order valence-corrected chi connectivity index (χ2v) is 7.91. The van der Waals surface area contributed by atoms with Gasteiger partial charge in [0.2, 0.25) is 5.95 Å². The second kappa shape index (κ2) is 9.41. The summed E-state index contributed by atoms with van der Waals surface area (Å²) in [6, 6.07) is 8.01. The van der Waals surface area contributed by atoms with E-state index in [2.05, 4.69) is 20.1 Å². The quantitative estimate of drug-likeness (QED) is 0.776. The predicted molar refractivity (Wildman–Crippen MR) is 115 cm³/mol. The number of aromatic hydroxyl groups is 1. The van der Waals surface area contributed by atoms with Crippen LogP contribution in [-0.2, 0) is 11.2 Å². The van der Waals surface area contributed by atoms with Gasteiger partial charge in [-0.2, -0.15) is 4.98 Å². The van der Waals surface area contributed by atoms with Gasteiger partial charge in [0.1, 0.15) is 11.6 Å². The SMILES string of the molecule is Cc1cnc(N2CCC(N3CCOCC3)CC2)nc1NCCc1ccc(O)cc1. The number of nitrogens with one attached hydrogen (secondary N) is 1. The van der Waals surface area contributed by atoms with Crippen molar-refractivity contribution in [2.75, 3.05) is 56.2 Å². The van der Waals surface area contributed by atoms with Crippen molar-refractivity contribution in [1.82, 2.24) is 14.9 Å². The third kappa shape index (κ3) is 5.16. The maximum atomic E-state index is 9.40. The highest BCUT2D eigenvalue weighted by molar-refractivity contribution is 5.47. The van der Waals surface area contributed by atoms with Crippen LogP contribution in [0.25, 0.3) is 0 Å². The molecule has 2 aliphatic rings. The Hall–Kier alpha value is -2.38. The molecule has 0 atom stereocenters. The molecule has 29 heavy (non-hydrogen) atoms. The van der Waals surface area contributed by atoms with Crippen molar-refractivity contribution in [3.05, 3.63) is 41.6 Å². The molecule has 1 aromatic heterocycles. The number of benzene rings is 1. The fraction of sp³-hybridized carbons (Fsp3) is 0.545. The predicted octanol–water partition coefficient (Wildman–Crippen LogP) is 2.45. The van der Waals surface area contributed by atoms with Gasteiger partial charge in [0.05, 0.1) is 13.2 Å². The number of rotatable bonds is 6. The molecule has 0 aliphatic carbocycles. The Bertz CT molecular complexity index is 784. The van der Waals surface area contributed by atoms with Crippen molar-refractivity contribution in [3.8, 4) is 5.75 Å². The smallest absolute Gasteiger partial charge is 0.227 e. The van der Waals surface area contributed by atoms with Crippen LogP contribution in [-0.4, -0.2) is 72.0 Å². The molecule has 0 unspecified atom stereocenters. The average molecular weight is 398 g/mol. The molecule has 0 amide bonds. The molecule has 0 spiro atoms. The average Bonchev–Trinajstić information content (AvgIpc) is 2.77. The fourth-order valence-corrected chi connectivity index (χ4v) is 4.13. The lowest BCUT2D eigenvalue weighted by molar-refractivity contribution is 0.0114. The number of piperidine rings is 1. The maximum Gasteiger partial charge on any atom is 0.227 e. The van der Waals surface area contributed by atoms with Crippen LogP contribution < -0.4 is 10.2 Å². The Kier molecular flexibility index (Phi) is 6.46. The number of phenols is 1. The Morgan fingerprint density at radius 3 is 2.55 bits per heavy atom. The molecule has 1 aromatic carbocycles. The number of aryl methyl sites for hydroxylation is 1. The van der Waals surface area contributed by atoms with Crippen LogP contribution in [0.4, 0.5) is 11.8 Å². The molecule has 2 aromatic rings. The summed E-state index contributed by atoms with van der Waals surface area (Å²) < 4.78 is 5.48. The molecule has 3 heterocycles. The van der Waals surface area contributed by atoms with Crippen molar-refractivity contribution in [2.24, 2.45) is 0 Å². The van der Waals surface area contributed by atoms with Gasteiger partial charge in [-0.15, -0.1) is 0 Å². The van der Waals surface area contributed by atoms with Gasteiger partial charge in [-0.25, -0.2) is 4.98 Å². The zero-order valence-electron chi connectivity index (χ0n) is 17.2. The van der Waals surface area contributed by atoms with E-state index in [-0.39, 0.29) is 0 Å². The summed E-state index contributed by atoms with van der Waals surface area (Å²) in [4.78, 5) is 14.3. The molecule has 2 aliphatic heterocycles. The van der Waals surface area contributed by atoms with Crippen LogP contribution >= 0.6 is 0 Å². The van der Waals surface area contributed by atoms with Gasteiger partial charge in [0.15, 0.2) is 0 Å². The minimum absolute atomic E-state index is 0.301. The minimum Gasteiger partial charge on any atom is -0.508 e. The first-order chi connectivity index (χ1) is 14.2. The largest absolute Gasteiger partial charge is 0.508 e. The third-order valence-electron chi connectivity index (χ3n) is 5.91. The summed E-state index contributed by atoms with van der Waals surface area (Å²) in [7, 11) is 0. The molecule has 7 nitrogen and oxygen atoms in total. The first-order valence-electron chi connectivity index (χ1n) is 10.6. The van der Waals surface area contributed by atoms with Crippen LogP contribution in [0.5, 0.6) is 5.75 Å². The fourth-order valence-electron chi connectivity index (χ4n) is 4.13. The van der Waals surface area contributed by atoms with Crippen molar-refractivity contribution < 1.29 is 9.84 Å². The van der Waals surface area contributed by atoms with Crippen molar-refractivity contribution in [2.45, 2.75) is 32.2 Å². The first-order valence-corrected chi connectivity index (χ1v) is 10.6. The van der Waals surface area contributed by atoms with Crippen LogP contribution in [0.2, 0.25) is 0 Å². The number of phenolic OH excluding ortho intramolecular Hbond substituents is 1. The molecule has 0 saturated carbocycles. The van der Waals surface area contributed by atoms with Crippen LogP contribution in [0.15, 0.2) is 30.5 Å². The summed E-state index contributed by atoms with van der Waals surface area (Å²) in [5.41, 5.74) is 2.25. The summed E-state index contributed by atoms with van der Waals surface area (Å²) in [6.45, 7) is 8.66. The number of anilines is 2. The van der Waals surface area contributed by atoms with Gasteiger partial charge >= 0.3 is 0 Å². The second-order valence-electron chi connectivity index (χ2n) is 7.91. The van der Waals surface area contributed by atoms with E-state index >= 15 is 0 Å². The van der Waals surface area contributed by atoms with E-state index in [0.717, 1.165) is 82.5 Å². The van der Waals surface area contributed by atoms with Crippen molar-refractivity contribution in [1.29, 1.82) is 0 Å². The number of nitrogens with zero attached hydrogens (tertiary/aromatic N) is 4. The zero-order chi connectivity index (χ0) is 20.1. The van der Waals surface area contributed by atoms with E-state index in [4.69, 9.17) is 9.72 Å². The van der Waals surface area contributed by atoms with E-state index in [9.17, 15) is 5.11 Å². The molecule has 4 rings (SSSR count). The Labute approximate surface area is 172 Å². The van der Waals surface area contributed by atoms with Crippen molar-refractivity contribution >= 4 is 11.8 Å². The highest BCUT2D eigenvalue weighted by atomic mass is 16.5. The van der Waals surface area contributed by atoms with Gasteiger partial charge in [-0.05, 0) is 43.9 Å². The lowest BCUT2D eigenvalue weighted by Crippen LogP contribution is -2.49. The van der Waals surface area contributed by atoms with E-state index in [0.29, 0.717) is 11.8 Å². The molecule has 0 radical (unpaired) electrons. The monoisotopic (exact) mass is 397 g/mol. The number of ether oxygens (including phenoxy) is 1. The van der Waals surface area contributed by atoms with Gasteiger partial charge in [0.25, 0.3) is 0 Å². The van der Waals surface area contributed by atoms with E-state index < -0.39 is 0 Å². The topological polar surface area (TPSA) is 73.8 Å². The maximum absolute atomic E-state index is 9.40. The number of aromatic nitrogens is 2. The summed E-state index contributed by atoms with van der Waals surface area (Å²) >= 11 is 0. The number of hydrogen-bond donors (Lipinski definition) is 2. The van der Waals surface area contributed by atoms with Crippen LogP contribution in [0.3, 0.4) is 0 Å². The normalized spacial score (nSPS) is 18.7. The van der Waals surface area contributed by atoms with Crippen LogP contribution in [0.1, 0.15) is 24.0 Å². The lowest BCUT2D eigenvalue weighted by Gasteiger charge is -2.40. The zero-order valence-corrected chi connectivity index (χ0v) is 17.2. The molecular formula is C22H31N5O2. The van der Waals surface area contributed by atoms with E-state index in [1.165, 1.54) is 5.56 Å². The number of hydrogen-bond acceptors (Lipinski definition) is 7. The molecule has 2 saturated heterocycles. The van der Waals surface area contributed by atoms with Gasteiger partial charge < -0.3 is 20.1 Å². The van der Waals surface area contributed by atoms with Gasteiger partial charge in [0, 0.05) is 50.5 Å². The molecule has 7 heteroatoms. The molecular weight excluding hydrogens is 366 g/mol. The number of morpholine rings is 1. The highest BCUT2D eigenvalue weighted by Gasteiger charge is 2.27. The summed E-state index contributed by atoms with van der Waals surface area (Å²) in [5.74, 6) is 2.03. The Balaban J connectivity index is 1.31. The molecule has 2 fully saturated rings. The van der Waals surface area contributed by atoms with E-state index in [1.54, 1.807) is 12.1 Å². The van der Waals surface area contributed by atoms with Crippen LogP contribution in [0, 0.1) is 6.92 Å². The highest BCUT2D eigenvalue weighted by Crippen LogP contribution is 2.22. The Morgan fingerprint density at radius 2 is 1.83 bits per heavy atom. The summed E-state index contributed by atoms with van der Waals surface area (Å²) in [5, 5.41) is 12.8.